The zero-order chi connectivity index (χ0) is 48.2. The first kappa shape index (κ1) is 42.5. The van der Waals surface area contributed by atoms with Crippen molar-refractivity contribution in [3.8, 4) is 33.4 Å². The first-order valence-electron chi connectivity index (χ1n) is 25.0. The van der Waals surface area contributed by atoms with Crippen LogP contribution in [-0.2, 0) is 5.41 Å². The lowest BCUT2D eigenvalue weighted by atomic mass is 9.57. The van der Waals surface area contributed by atoms with Crippen LogP contribution in [0.15, 0.2) is 217 Å². The number of nitrogens with one attached hydrogen (secondary N) is 1. The van der Waals surface area contributed by atoms with Crippen molar-refractivity contribution in [3.05, 3.63) is 223 Å². The number of aryl methyl sites for hydroxylation is 1. The summed E-state index contributed by atoms with van der Waals surface area (Å²) in [5, 5.41) is 13.7. The third-order valence-electron chi connectivity index (χ3n) is 15.0. The number of hydrogen-bond acceptors (Lipinski definition) is 4. The van der Waals surface area contributed by atoms with Crippen LogP contribution in [0.5, 0.6) is 0 Å². The second-order valence-corrected chi connectivity index (χ2v) is 21.8. The van der Waals surface area contributed by atoms with Crippen LogP contribution in [0, 0.1) is 6.92 Å². The van der Waals surface area contributed by atoms with Crippen LogP contribution in [0.25, 0.3) is 97.0 Å². The van der Waals surface area contributed by atoms with Gasteiger partial charge in [-0.3, -0.25) is 0 Å². The van der Waals surface area contributed by atoms with E-state index in [1.165, 1.54) is 109 Å². The van der Waals surface area contributed by atoms with Crippen molar-refractivity contribution in [2.24, 2.45) is 0 Å². The summed E-state index contributed by atoms with van der Waals surface area (Å²) < 4.78 is 9.40. The van der Waals surface area contributed by atoms with E-state index in [9.17, 15) is 0 Å². The molecule has 13 aromatic rings. The molecule has 5 heteroatoms. The Hall–Kier alpha value is -8.38. The van der Waals surface area contributed by atoms with Gasteiger partial charge in [0.1, 0.15) is 11.2 Å². The fourth-order valence-corrected chi connectivity index (χ4v) is 12.5. The lowest BCUT2D eigenvalue weighted by Gasteiger charge is -2.37. The Balaban J connectivity index is 1.04. The summed E-state index contributed by atoms with van der Waals surface area (Å²) in [6.07, 6.45) is 0. The maximum Gasteiger partial charge on any atom is 0.198 e. The highest BCUT2D eigenvalue weighted by Crippen LogP contribution is 2.50. The molecule has 342 valence electrons. The zero-order valence-electron chi connectivity index (χ0n) is 40.7. The van der Waals surface area contributed by atoms with Crippen LogP contribution in [-0.4, -0.2) is 7.28 Å². The lowest BCUT2D eigenvalue weighted by molar-refractivity contribution is 0.590. The summed E-state index contributed by atoms with van der Waals surface area (Å²) in [5.41, 5.74) is 19.5. The van der Waals surface area contributed by atoms with E-state index in [0.29, 0.717) is 0 Å². The van der Waals surface area contributed by atoms with E-state index in [1.54, 1.807) is 0 Å². The third kappa shape index (κ3) is 7.02. The van der Waals surface area contributed by atoms with Crippen molar-refractivity contribution in [1.29, 1.82) is 0 Å². The highest BCUT2D eigenvalue weighted by atomic mass is 32.1. The predicted octanol–water partition coefficient (Wildman–Crippen LogP) is 17.8. The number of anilines is 5. The van der Waals surface area contributed by atoms with Gasteiger partial charge in [-0.15, -0.1) is 11.3 Å². The normalized spacial score (nSPS) is 12.5. The predicted molar refractivity (Wildman–Crippen MR) is 312 cm³/mol. The van der Waals surface area contributed by atoms with Crippen LogP contribution in [0.3, 0.4) is 0 Å². The Labute approximate surface area is 423 Å². The van der Waals surface area contributed by atoms with E-state index in [4.69, 9.17) is 4.42 Å². The Bertz CT molecular complexity index is 4320. The molecule has 0 saturated carbocycles. The van der Waals surface area contributed by atoms with Crippen molar-refractivity contribution < 1.29 is 4.42 Å². The van der Waals surface area contributed by atoms with E-state index in [2.05, 4.69) is 250 Å². The first-order chi connectivity index (χ1) is 35.2. The molecule has 0 radical (unpaired) electrons. The molecule has 3 heterocycles. The van der Waals surface area contributed by atoms with Crippen LogP contribution in [0.4, 0.5) is 28.4 Å². The second-order valence-electron chi connectivity index (χ2n) is 20.7. The summed E-state index contributed by atoms with van der Waals surface area (Å²) in [5.74, 6) is 0. The average molecular weight is 941 g/mol. The topological polar surface area (TPSA) is 28.4 Å². The van der Waals surface area contributed by atoms with Gasteiger partial charge >= 0.3 is 0 Å². The van der Waals surface area contributed by atoms with E-state index in [0.717, 1.165) is 46.2 Å². The second kappa shape index (κ2) is 16.3. The fourth-order valence-electron chi connectivity index (χ4n) is 11.4. The van der Waals surface area contributed by atoms with Crippen LogP contribution < -0.4 is 21.1 Å². The number of thiophene rings is 1. The largest absolute Gasteiger partial charge is 0.456 e. The highest BCUT2D eigenvalue weighted by molar-refractivity contribution is 7.26. The molecule has 0 amide bonds. The van der Waals surface area contributed by atoms with Gasteiger partial charge in [0, 0.05) is 65.2 Å². The molecule has 1 aliphatic rings. The van der Waals surface area contributed by atoms with Crippen LogP contribution >= 0.6 is 11.3 Å². The molecule has 0 spiro atoms. The maximum absolute atomic E-state index is 6.80. The summed E-state index contributed by atoms with van der Waals surface area (Å²) in [6, 6.07) is 78.5. The molecule has 11 aromatic carbocycles. The summed E-state index contributed by atoms with van der Waals surface area (Å²) >= 11 is 1.90. The first-order valence-corrected chi connectivity index (χ1v) is 25.8. The maximum atomic E-state index is 6.80. The van der Waals surface area contributed by atoms with Gasteiger partial charge < -0.3 is 14.6 Å². The monoisotopic (exact) mass is 940 g/mol. The minimum Gasteiger partial charge on any atom is -0.456 e. The number of rotatable bonds is 6. The minimum atomic E-state index is -0.0468. The average Bonchev–Trinajstić information content (AvgIpc) is 3.95. The van der Waals surface area contributed by atoms with E-state index in [1.807, 2.05) is 11.3 Å². The zero-order valence-corrected chi connectivity index (χ0v) is 41.5. The number of nitrogens with zero attached hydrogens (tertiary/aromatic N) is 1. The van der Waals surface area contributed by atoms with Crippen molar-refractivity contribution >= 4 is 122 Å². The van der Waals surface area contributed by atoms with Crippen molar-refractivity contribution in [2.45, 2.75) is 33.1 Å². The number of furan rings is 1. The molecule has 2 aromatic heterocycles. The Kier molecular flexibility index (Phi) is 9.65. The van der Waals surface area contributed by atoms with E-state index < -0.39 is 0 Å². The molecule has 14 rings (SSSR count). The van der Waals surface area contributed by atoms with E-state index in [-0.39, 0.29) is 5.41 Å². The van der Waals surface area contributed by atoms with Gasteiger partial charge in [-0.25, -0.2) is 0 Å². The van der Waals surface area contributed by atoms with Gasteiger partial charge in [-0.1, -0.05) is 166 Å². The third-order valence-corrected chi connectivity index (χ3v) is 16.1. The van der Waals surface area contributed by atoms with Crippen LogP contribution in [0.1, 0.15) is 31.9 Å². The lowest BCUT2D eigenvalue weighted by Crippen LogP contribution is -2.41. The van der Waals surface area contributed by atoms with Gasteiger partial charge in [0.25, 0.3) is 0 Å². The molecule has 0 bridgehead atoms. The van der Waals surface area contributed by atoms with Gasteiger partial charge in [-0.05, 0) is 139 Å². The molecule has 1 aliphatic heterocycles. The Morgan fingerprint density at radius 3 is 1.83 bits per heavy atom. The van der Waals surface area contributed by atoms with Crippen molar-refractivity contribution in [1.82, 2.24) is 0 Å². The number of fused-ring (bicyclic) bond motifs is 11. The Morgan fingerprint density at radius 1 is 0.486 bits per heavy atom. The fraction of sp³-hybridized carbons (Fsp3) is 0.0746. The van der Waals surface area contributed by atoms with E-state index >= 15 is 0 Å². The van der Waals surface area contributed by atoms with Gasteiger partial charge in [0.05, 0.1) is 11.4 Å². The molecule has 0 unspecified atom stereocenters. The molecule has 0 aliphatic carbocycles. The summed E-state index contributed by atoms with van der Waals surface area (Å²) in [7, 11) is 0.762. The minimum absolute atomic E-state index is 0.0468. The SMILES string of the molecule is Cc1cc(-c2cc3c(cc2Nc2ccc(-c4ccccc4)cc2)oc2cc4ccccc4cc23)c2c(c1)N(c1ccc(C(C)(C)C)cc1-c1ccccc1)c1c(ccc3sc4cc5ccccc5cc4c13)B2. The number of benzene rings is 11. The molecule has 0 fully saturated rings. The molecular weight excluding hydrogens is 892 g/mol. The molecule has 0 atom stereocenters. The van der Waals surface area contributed by atoms with Crippen molar-refractivity contribution in [2.75, 3.05) is 10.2 Å². The molecule has 72 heavy (non-hydrogen) atoms. The molecule has 3 nitrogen and oxygen atoms in total. The smallest absolute Gasteiger partial charge is 0.198 e. The van der Waals surface area contributed by atoms with Gasteiger partial charge in [0.15, 0.2) is 7.28 Å². The number of hydrogen-bond donors (Lipinski definition) is 1. The van der Waals surface area contributed by atoms with Crippen LogP contribution in [0.2, 0.25) is 0 Å². The highest BCUT2D eigenvalue weighted by Gasteiger charge is 2.33. The molecular formula is C67H49BN2OS. The molecule has 0 saturated heterocycles. The van der Waals surface area contributed by atoms with Gasteiger partial charge in [0.2, 0.25) is 0 Å². The van der Waals surface area contributed by atoms with Gasteiger partial charge in [-0.2, -0.15) is 0 Å². The standard InChI is InChI=1S/C67H49BN2OS/c1-40-31-54(51-38-53-52-33-44-19-11-13-21-46(44)35-60(52)71-61(53)39-57(51)69-49-26-23-42(24-27-49)41-15-7-5-8-16-41)65-59(32-40)70(58-29-25-48(67(2,3)4)37-50(58)43-17-9-6-10-18-43)66-56(68-65)28-30-62-64(66)55-34-45-20-12-14-22-47(45)36-63(55)72-62/h5-39,68-69H,1-4H3. The Morgan fingerprint density at radius 2 is 1.11 bits per heavy atom. The summed E-state index contributed by atoms with van der Waals surface area (Å²) in [4.78, 5) is 2.64. The quantitative estimate of drug-likeness (QED) is 0.168. The van der Waals surface area contributed by atoms with Crippen molar-refractivity contribution in [3.63, 3.8) is 0 Å². The molecule has 1 N–H and O–H groups in total. The summed E-state index contributed by atoms with van der Waals surface area (Å²) in [6.45, 7) is 9.21.